The van der Waals surface area contributed by atoms with Crippen LogP contribution in [0.3, 0.4) is 0 Å². The van der Waals surface area contributed by atoms with E-state index in [1.54, 1.807) is 11.3 Å². The van der Waals surface area contributed by atoms with Crippen LogP contribution in [-0.4, -0.2) is 28.3 Å². The molecule has 1 saturated heterocycles. The maximum absolute atomic E-state index is 11.4. The molecule has 3 rings (SSSR count). The third-order valence-corrected chi connectivity index (χ3v) is 5.07. The molecule has 2 atom stereocenters. The largest absolute Gasteiger partial charge is 0.458 e. The molecule has 4 nitrogen and oxygen atoms in total. The fourth-order valence-electron chi connectivity index (χ4n) is 2.80. The van der Waals surface area contributed by atoms with Crippen molar-refractivity contribution in [2.45, 2.75) is 51.7 Å². The van der Waals surface area contributed by atoms with E-state index < -0.39 is 6.10 Å². The minimum Gasteiger partial charge on any atom is -0.458 e. The van der Waals surface area contributed by atoms with Gasteiger partial charge in [0, 0.05) is 22.4 Å². The quantitative estimate of drug-likeness (QED) is 0.869. The number of pyridine rings is 1. The van der Waals surface area contributed by atoms with E-state index in [2.05, 4.69) is 24.0 Å². The van der Waals surface area contributed by atoms with E-state index in [0.29, 0.717) is 6.42 Å². The zero-order valence-electron chi connectivity index (χ0n) is 13.4. The first-order valence-corrected chi connectivity index (χ1v) is 8.82. The van der Waals surface area contributed by atoms with Crippen LogP contribution in [0.4, 0.5) is 0 Å². The lowest BCUT2D eigenvalue weighted by molar-refractivity contribution is -0.156. The summed E-state index contributed by atoms with van der Waals surface area (Å²) in [7, 11) is 0. The number of carbonyl (C=O) groups is 1. The molecule has 0 amide bonds. The maximum Gasteiger partial charge on any atom is 0.309 e. The SMILES string of the molecule is CCCc1cc2cc(/C=C\C3CC(O)CC(=O)O3)c(C)nc2s1. The fourth-order valence-corrected chi connectivity index (χ4v) is 3.96. The molecule has 0 saturated carbocycles. The number of nitrogens with zero attached hydrogens (tertiary/aromatic N) is 1. The smallest absolute Gasteiger partial charge is 0.309 e. The van der Waals surface area contributed by atoms with Crippen molar-refractivity contribution in [3.05, 3.63) is 34.3 Å². The van der Waals surface area contributed by atoms with Crippen molar-refractivity contribution < 1.29 is 14.6 Å². The Morgan fingerprint density at radius 1 is 1.48 bits per heavy atom. The summed E-state index contributed by atoms with van der Waals surface area (Å²) in [6, 6.07) is 4.34. The first-order valence-electron chi connectivity index (χ1n) is 8.01. The highest BCUT2D eigenvalue weighted by molar-refractivity contribution is 7.18. The molecule has 1 fully saturated rings. The molecule has 0 aliphatic carbocycles. The van der Waals surface area contributed by atoms with Gasteiger partial charge in [0.2, 0.25) is 0 Å². The van der Waals surface area contributed by atoms with Gasteiger partial charge in [0.25, 0.3) is 0 Å². The van der Waals surface area contributed by atoms with Crippen molar-refractivity contribution in [2.75, 3.05) is 0 Å². The van der Waals surface area contributed by atoms with Crippen LogP contribution in [0.5, 0.6) is 0 Å². The van der Waals surface area contributed by atoms with Crippen molar-refractivity contribution in [2.24, 2.45) is 0 Å². The van der Waals surface area contributed by atoms with Crippen molar-refractivity contribution in [1.29, 1.82) is 0 Å². The molecule has 2 unspecified atom stereocenters. The van der Waals surface area contributed by atoms with E-state index in [1.807, 2.05) is 19.1 Å². The van der Waals surface area contributed by atoms with Crippen LogP contribution >= 0.6 is 11.3 Å². The normalized spacial score (nSPS) is 22.0. The zero-order valence-corrected chi connectivity index (χ0v) is 14.2. The van der Waals surface area contributed by atoms with Crippen molar-refractivity contribution in [3.63, 3.8) is 0 Å². The summed E-state index contributed by atoms with van der Waals surface area (Å²) in [5.74, 6) is -0.342. The minimum atomic E-state index is -0.610. The van der Waals surface area contributed by atoms with Gasteiger partial charge in [-0.2, -0.15) is 0 Å². The molecule has 0 bridgehead atoms. The van der Waals surface area contributed by atoms with Gasteiger partial charge in [-0.25, -0.2) is 4.98 Å². The van der Waals surface area contributed by atoms with E-state index >= 15 is 0 Å². The second-order valence-corrected chi connectivity index (χ2v) is 7.12. The highest BCUT2D eigenvalue weighted by Crippen LogP contribution is 2.27. The van der Waals surface area contributed by atoms with Crippen LogP contribution in [-0.2, 0) is 16.0 Å². The first kappa shape index (κ1) is 16.1. The van der Waals surface area contributed by atoms with Crippen molar-refractivity contribution in [3.8, 4) is 0 Å². The first-order chi connectivity index (χ1) is 11.0. The molecule has 1 N–H and O–H groups in total. The van der Waals surface area contributed by atoms with E-state index in [0.717, 1.165) is 34.3 Å². The van der Waals surface area contributed by atoms with Crippen LogP contribution in [0.15, 0.2) is 18.2 Å². The highest BCUT2D eigenvalue weighted by Gasteiger charge is 2.25. The number of esters is 1. The van der Waals surface area contributed by atoms with Gasteiger partial charge >= 0.3 is 5.97 Å². The fraction of sp³-hybridized carbons (Fsp3) is 0.444. The summed E-state index contributed by atoms with van der Waals surface area (Å²) in [5, 5.41) is 10.8. The summed E-state index contributed by atoms with van der Waals surface area (Å²) in [5.41, 5.74) is 1.98. The van der Waals surface area contributed by atoms with Gasteiger partial charge in [0.1, 0.15) is 10.9 Å². The average molecular weight is 331 g/mol. The predicted octanol–water partition coefficient (Wildman–Crippen LogP) is 3.64. The lowest BCUT2D eigenvalue weighted by Gasteiger charge is -2.23. The van der Waals surface area contributed by atoms with Crippen LogP contribution < -0.4 is 0 Å². The Labute approximate surface area is 139 Å². The molecule has 3 heterocycles. The Balaban J connectivity index is 1.82. The second kappa shape index (κ2) is 6.81. The molecule has 0 aromatic carbocycles. The Kier molecular flexibility index (Phi) is 4.78. The highest BCUT2D eigenvalue weighted by atomic mass is 32.1. The number of carbonyl (C=O) groups excluding carboxylic acids is 1. The molecule has 23 heavy (non-hydrogen) atoms. The zero-order chi connectivity index (χ0) is 16.4. The number of aliphatic hydroxyl groups excluding tert-OH is 1. The standard InChI is InChI=1S/C18H21NO3S/c1-3-4-16-8-13-7-12(11(2)19-18(13)23-16)5-6-15-9-14(20)10-17(21)22-15/h5-8,14-15,20H,3-4,9-10H2,1-2H3/b6-5-. The number of aromatic nitrogens is 1. The number of fused-ring (bicyclic) bond motifs is 1. The van der Waals surface area contributed by atoms with E-state index in [9.17, 15) is 9.90 Å². The third-order valence-electron chi connectivity index (χ3n) is 3.97. The lowest BCUT2D eigenvalue weighted by atomic mass is 10.0. The molecular formula is C18H21NO3S. The van der Waals surface area contributed by atoms with Gasteiger partial charge in [-0.15, -0.1) is 11.3 Å². The molecule has 2 aromatic heterocycles. The minimum absolute atomic E-state index is 0.0893. The summed E-state index contributed by atoms with van der Waals surface area (Å²) in [4.78, 5) is 18.5. The van der Waals surface area contributed by atoms with Crippen LogP contribution in [0.25, 0.3) is 16.3 Å². The molecule has 0 radical (unpaired) electrons. The Hall–Kier alpha value is -1.72. The van der Waals surface area contributed by atoms with Crippen LogP contribution in [0.1, 0.15) is 42.3 Å². The van der Waals surface area contributed by atoms with Gasteiger partial charge < -0.3 is 9.84 Å². The monoisotopic (exact) mass is 331 g/mol. The van der Waals surface area contributed by atoms with Crippen LogP contribution in [0.2, 0.25) is 0 Å². The van der Waals surface area contributed by atoms with E-state index in [1.165, 1.54) is 4.88 Å². The Morgan fingerprint density at radius 3 is 3.04 bits per heavy atom. The number of ether oxygens (including phenoxy) is 1. The van der Waals surface area contributed by atoms with E-state index in [4.69, 9.17) is 4.74 Å². The van der Waals surface area contributed by atoms with Gasteiger partial charge in [-0.3, -0.25) is 4.79 Å². The van der Waals surface area contributed by atoms with Crippen molar-refractivity contribution >= 4 is 33.6 Å². The number of aryl methyl sites for hydroxylation is 2. The molecule has 0 spiro atoms. The maximum atomic E-state index is 11.4. The van der Waals surface area contributed by atoms with Crippen LogP contribution in [0, 0.1) is 6.92 Å². The number of thiophene rings is 1. The van der Waals surface area contributed by atoms with Gasteiger partial charge in [0.15, 0.2) is 0 Å². The topological polar surface area (TPSA) is 59.4 Å². The lowest BCUT2D eigenvalue weighted by Crippen LogP contribution is -2.31. The predicted molar refractivity (Wildman–Crippen MR) is 92.5 cm³/mol. The van der Waals surface area contributed by atoms with E-state index in [-0.39, 0.29) is 18.5 Å². The Morgan fingerprint density at radius 2 is 2.30 bits per heavy atom. The van der Waals surface area contributed by atoms with Gasteiger partial charge in [-0.05, 0) is 37.1 Å². The third kappa shape index (κ3) is 3.79. The molecule has 122 valence electrons. The molecular weight excluding hydrogens is 310 g/mol. The average Bonchev–Trinajstić information content (AvgIpc) is 2.85. The van der Waals surface area contributed by atoms with Gasteiger partial charge in [-0.1, -0.05) is 19.4 Å². The molecule has 1 aliphatic rings. The summed E-state index contributed by atoms with van der Waals surface area (Å²) >= 11 is 1.75. The second-order valence-electron chi connectivity index (χ2n) is 6.00. The van der Waals surface area contributed by atoms with Gasteiger partial charge in [0.05, 0.1) is 12.5 Å². The molecule has 2 aromatic rings. The Bertz CT molecular complexity index is 750. The summed E-state index contributed by atoms with van der Waals surface area (Å²) in [6.45, 7) is 4.16. The van der Waals surface area contributed by atoms with Crippen molar-refractivity contribution in [1.82, 2.24) is 4.98 Å². The number of hydrogen-bond acceptors (Lipinski definition) is 5. The molecule has 5 heteroatoms. The number of hydrogen-bond donors (Lipinski definition) is 1. The number of rotatable bonds is 4. The number of cyclic esters (lactones) is 1. The summed E-state index contributed by atoms with van der Waals surface area (Å²) < 4.78 is 5.24. The summed E-state index contributed by atoms with van der Waals surface area (Å²) in [6.07, 6.45) is 5.57. The number of aliphatic hydroxyl groups is 1. The molecule has 1 aliphatic heterocycles.